The van der Waals surface area contributed by atoms with Gasteiger partial charge in [-0.2, -0.15) is 0 Å². The largest absolute Gasteiger partial charge is 0.367 e. The SMILES string of the molecule is [C-]#[N+]c1ccc2c(c1)CC(CS(=O)(=O)c1ccccc1)CN2Cc1ccccc1. The van der Waals surface area contributed by atoms with Crippen LogP contribution in [0.2, 0.25) is 0 Å². The zero-order valence-electron chi connectivity index (χ0n) is 16.0. The Morgan fingerprint density at radius 1 is 0.966 bits per heavy atom. The van der Waals surface area contributed by atoms with E-state index in [4.69, 9.17) is 6.57 Å². The molecule has 5 heteroatoms. The van der Waals surface area contributed by atoms with E-state index in [9.17, 15) is 8.42 Å². The van der Waals surface area contributed by atoms with Gasteiger partial charge in [-0.15, -0.1) is 0 Å². The Balaban J connectivity index is 1.64. The van der Waals surface area contributed by atoms with Crippen molar-refractivity contribution in [3.05, 3.63) is 101 Å². The Bertz CT molecular complexity index is 1140. The summed E-state index contributed by atoms with van der Waals surface area (Å²) in [5, 5.41) is 0. The molecule has 0 amide bonds. The van der Waals surface area contributed by atoms with Crippen molar-refractivity contribution in [2.75, 3.05) is 17.2 Å². The molecule has 4 nitrogen and oxygen atoms in total. The molecule has 1 heterocycles. The second kappa shape index (κ2) is 8.10. The van der Waals surface area contributed by atoms with Crippen LogP contribution in [0.25, 0.3) is 4.85 Å². The number of anilines is 1. The molecular weight excluding hydrogens is 380 g/mol. The van der Waals surface area contributed by atoms with E-state index in [1.54, 1.807) is 24.3 Å². The van der Waals surface area contributed by atoms with Crippen LogP contribution in [0.3, 0.4) is 0 Å². The van der Waals surface area contributed by atoms with Crippen molar-refractivity contribution in [3.8, 4) is 0 Å². The van der Waals surface area contributed by atoms with Crippen molar-refractivity contribution in [2.24, 2.45) is 5.92 Å². The molecule has 1 aliphatic rings. The summed E-state index contributed by atoms with van der Waals surface area (Å²) in [6.07, 6.45) is 0.663. The molecule has 0 aromatic heterocycles. The van der Waals surface area contributed by atoms with Crippen LogP contribution in [0, 0.1) is 12.5 Å². The summed E-state index contributed by atoms with van der Waals surface area (Å²) < 4.78 is 25.9. The van der Waals surface area contributed by atoms with Gasteiger partial charge in [-0.1, -0.05) is 60.7 Å². The zero-order chi connectivity index (χ0) is 20.3. The fraction of sp³-hybridized carbons (Fsp3) is 0.208. The van der Waals surface area contributed by atoms with Crippen LogP contribution in [-0.4, -0.2) is 20.7 Å². The molecule has 0 saturated carbocycles. The Labute approximate surface area is 172 Å². The highest BCUT2D eigenvalue weighted by atomic mass is 32.2. The molecule has 29 heavy (non-hydrogen) atoms. The summed E-state index contributed by atoms with van der Waals surface area (Å²) in [4.78, 5) is 6.16. The Morgan fingerprint density at radius 2 is 1.66 bits per heavy atom. The molecule has 1 aliphatic heterocycles. The maximum Gasteiger partial charge on any atom is 0.187 e. The number of nitrogens with zero attached hydrogens (tertiary/aromatic N) is 2. The molecule has 1 atom stereocenters. The molecular formula is C24H22N2O2S. The topological polar surface area (TPSA) is 41.7 Å². The maximum absolute atomic E-state index is 12.9. The lowest BCUT2D eigenvalue weighted by Crippen LogP contribution is -2.38. The first-order chi connectivity index (χ1) is 14.0. The minimum absolute atomic E-state index is 0.0302. The van der Waals surface area contributed by atoms with Gasteiger partial charge in [0.25, 0.3) is 0 Å². The van der Waals surface area contributed by atoms with Gasteiger partial charge >= 0.3 is 0 Å². The molecule has 4 rings (SSSR count). The van der Waals surface area contributed by atoms with Gasteiger partial charge in [0, 0.05) is 18.8 Å². The summed E-state index contributed by atoms with van der Waals surface area (Å²) in [5.41, 5.74) is 3.91. The minimum Gasteiger partial charge on any atom is -0.367 e. The van der Waals surface area contributed by atoms with E-state index < -0.39 is 9.84 Å². The van der Waals surface area contributed by atoms with E-state index in [-0.39, 0.29) is 11.7 Å². The molecule has 0 saturated heterocycles. The van der Waals surface area contributed by atoms with Crippen LogP contribution < -0.4 is 4.90 Å². The highest BCUT2D eigenvalue weighted by Gasteiger charge is 2.29. The summed E-state index contributed by atoms with van der Waals surface area (Å²) in [6, 6.07) is 24.6. The average molecular weight is 403 g/mol. The number of sulfone groups is 1. The first kappa shape index (κ1) is 19.2. The monoisotopic (exact) mass is 402 g/mol. The minimum atomic E-state index is -3.36. The lowest BCUT2D eigenvalue weighted by Gasteiger charge is -2.36. The summed E-state index contributed by atoms with van der Waals surface area (Å²) in [6.45, 7) is 8.70. The third-order valence-corrected chi connectivity index (χ3v) is 7.19. The number of rotatable bonds is 5. The summed E-state index contributed by atoms with van der Waals surface area (Å²) in [7, 11) is -3.36. The first-order valence-electron chi connectivity index (χ1n) is 9.62. The van der Waals surface area contributed by atoms with Crippen LogP contribution in [0.5, 0.6) is 0 Å². The van der Waals surface area contributed by atoms with Crippen LogP contribution in [0.15, 0.2) is 83.8 Å². The zero-order valence-corrected chi connectivity index (χ0v) is 16.8. The second-order valence-corrected chi connectivity index (χ2v) is 9.49. The summed E-state index contributed by atoms with van der Waals surface area (Å²) >= 11 is 0. The third-order valence-electron chi connectivity index (χ3n) is 5.29. The summed E-state index contributed by atoms with van der Waals surface area (Å²) in [5.74, 6) is 0.0710. The number of hydrogen-bond acceptors (Lipinski definition) is 3. The van der Waals surface area contributed by atoms with E-state index in [1.807, 2.05) is 42.5 Å². The Kier molecular flexibility index (Phi) is 5.37. The van der Waals surface area contributed by atoms with Crippen molar-refractivity contribution in [2.45, 2.75) is 17.9 Å². The molecule has 1 unspecified atom stereocenters. The van der Waals surface area contributed by atoms with Gasteiger partial charge in [0.05, 0.1) is 17.2 Å². The molecule has 0 radical (unpaired) electrons. The second-order valence-electron chi connectivity index (χ2n) is 7.46. The normalized spacial score (nSPS) is 16.1. The van der Waals surface area contributed by atoms with Crippen LogP contribution in [0.1, 0.15) is 11.1 Å². The fourth-order valence-corrected chi connectivity index (χ4v) is 5.61. The van der Waals surface area contributed by atoms with E-state index in [1.165, 1.54) is 5.56 Å². The quantitative estimate of drug-likeness (QED) is 0.571. The number of fused-ring (bicyclic) bond motifs is 1. The molecule has 0 aliphatic carbocycles. The lowest BCUT2D eigenvalue weighted by atomic mass is 9.93. The van der Waals surface area contributed by atoms with Crippen LogP contribution >= 0.6 is 0 Å². The highest BCUT2D eigenvalue weighted by molar-refractivity contribution is 7.91. The highest BCUT2D eigenvalue weighted by Crippen LogP contribution is 2.35. The Morgan fingerprint density at radius 3 is 2.34 bits per heavy atom. The van der Waals surface area contributed by atoms with Crippen LogP contribution in [-0.2, 0) is 22.8 Å². The van der Waals surface area contributed by atoms with Crippen molar-refractivity contribution >= 4 is 21.2 Å². The third kappa shape index (κ3) is 4.33. The molecule has 146 valence electrons. The van der Waals surface area contributed by atoms with Gasteiger partial charge in [-0.05, 0) is 41.7 Å². The first-order valence-corrected chi connectivity index (χ1v) is 11.3. The average Bonchev–Trinajstić information content (AvgIpc) is 2.74. The lowest BCUT2D eigenvalue weighted by molar-refractivity contribution is 0.516. The van der Waals surface area contributed by atoms with Gasteiger partial charge in [-0.3, -0.25) is 0 Å². The van der Waals surface area contributed by atoms with Gasteiger partial charge in [0.15, 0.2) is 15.5 Å². The van der Waals surface area contributed by atoms with Gasteiger partial charge < -0.3 is 4.90 Å². The molecule has 0 N–H and O–H groups in total. The fourth-order valence-electron chi connectivity index (χ4n) is 4.00. The van der Waals surface area contributed by atoms with Crippen molar-refractivity contribution < 1.29 is 8.42 Å². The molecule has 0 bridgehead atoms. The smallest absolute Gasteiger partial charge is 0.187 e. The van der Waals surface area contributed by atoms with E-state index in [0.717, 1.165) is 11.3 Å². The molecule has 3 aromatic carbocycles. The number of hydrogen-bond donors (Lipinski definition) is 0. The molecule has 0 spiro atoms. The predicted molar refractivity (Wildman–Crippen MR) is 116 cm³/mol. The van der Waals surface area contributed by atoms with E-state index in [2.05, 4.69) is 21.9 Å². The molecule has 3 aromatic rings. The van der Waals surface area contributed by atoms with Crippen molar-refractivity contribution in [1.82, 2.24) is 0 Å². The predicted octanol–water partition coefficient (Wildman–Crippen LogP) is 4.89. The standard InChI is InChI=1S/C24H22N2O2S/c1-25-22-12-13-24-21(15-22)14-20(17-26(24)16-19-8-4-2-5-9-19)18-29(27,28)23-10-6-3-7-11-23/h2-13,15,20H,14,16-18H2. The van der Waals surface area contributed by atoms with Crippen LogP contribution in [0.4, 0.5) is 11.4 Å². The van der Waals surface area contributed by atoms with Crippen molar-refractivity contribution in [1.29, 1.82) is 0 Å². The van der Waals surface area contributed by atoms with Gasteiger partial charge in [0.1, 0.15) is 0 Å². The number of benzene rings is 3. The van der Waals surface area contributed by atoms with Gasteiger partial charge in [-0.25, -0.2) is 13.3 Å². The van der Waals surface area contributed by atoms with Gasteiger partial charge in [0.2, 0.25) is 0 Å². The Hall–Kier alpha value is -3.10. The maximum atomic E-state index is 12.9. The van der Waals surface area contributed by atoms with E-state index >= 15 is 0 Å². The van der Waals surface area contributed by atoms with Crippen molar-refractivity contribution in [3.63, 3.8) is 0 Å². The molecule has 0 fully saturated rings. The van der Waals surface area contributed by atoms with E-state index in [0.29, 0.717) is 30.1 Å².